The molecule has 0 aliphatic heterocycles. The summed E-state index contributed by atoms with van der Waals surface area (Å²) in [5.41, 5.74) is 1.03. The van der Waals surface area contributed by atoms with Gasteiger partial charge in [-0.1, -0.05) is 6.92 Å². The van der Waals surface area contributed by atoms with E-state index in [-0.39, 0.29) is 5.69 Å². The van der Waals surface area contributed by atoms with E-state index in [1.54, 1.807) is 0 Å². The standard InChI is InChI=1S/C11H8F2N3/c1-2-9-3-7(5-15-16-9)11-10(13)4-8(12)6-14-11/h4-6H,2H2,1H3. The van der Waals surface area contributed by atoms with E-state index in [1.165, 1.54) is 6.20 Å². The first-order chi connectivity index (χ1) is 7.70. The average Bonchev–Trinajstić information content (AvgIpc) is 2.29. The van der Waals surface area contributed by atoms with E-state index in [4.69, 9.17) is 0 Å². The van der Waals surface area contributed by atoms with Crippen LogP contribution in [-0.2, 0) is 6.42 Å². The van der Waals surface area contributed by atoms with Crippen molar-refractivity contribution in [3.8, 4) is 11.3 Å². The average molecular weight is 220 g/mol. The van der Waals surface area contributed by atoms with E-state index in [2.05, 4.69) is 21.2 Å². The Hall–Kier alpha value is -1.91. The minimum atomic E-state index is -0.730. The van der Waals surface area contributed by atoms with Gasteiger partial charge in [0.2, 0.25) is 0 Å². The molecule has 0 amide bonds. The number of hydrogen-bond donors (Lipinski definition) is 0. The fourth-order valence-electron chi connectivity index (χ4n) is 1.26. The summed E-state index contributed by atoms with van der Waals surface area (Å²) < 4.78 is 26.1. The van der Waals surface area contributed by atoms with Gasteiger partial charge < -0.3 is 0 Å². The van der Waals surface area contributed by atoms with Crippen LogP contribution in [0.2, 0.25) is 0 Å². The van der Waals surface area contributed by atoms with Crippen molar-refractivity contribution < 1.29 is 8.78 Å². The fraction of sp³-hybridized carbons (Fsp3) is 0.182. The van der Waals surface area contributed by atoms with Crippen molar-refractivity contribution in [1.29, 1.82) is 0 Å². The molecule has 0 unspecified atom stereocenters. The second kappa shape index (κ2) is 4.30. The summed E-state index contributed by atoms with van der Waals surface area (Å²) in [6.07, 6.45) is 2.95. The molecule has 0 bridgehead atoms. The van der Waals surface area contributed by atoms with E-state index in [9.17, 15) is 8.78 Å². The Morgan fingerprint density at radius 2 is 2.12 bits per heavy atom. The summed E-state index contributed by atoms with van der Waals surface area (Å²) in [5.74, 6) is -1.44. The smallest absolute Gasteiger partial charge is 0.152 e. The van der Waals surface area contributed by atoms with Crippen LogP contribution in [0.15, 0.2) is 18.5 Å². The van der Waals surface area contributed by atoms with Gasteiger partial charge in [-0.2, -0.15) is 10.2 Å². The molecule has 0 fully saturated rings. The molecule has 0 aromatic carbocycles. The quantitative estimate of drug-likeness (QED) is 0.778. The lowest BCUT2D eigenvalue weighted by atomic mass is 10.1. The van der Waals surface area contributed by atoms with Crippen LogP contribution in [0.1, 0.15) is 12.6 Å². The largest absolute Gasteiger partial charge is 0.250 e. The fourth-order valence-corrected chi connectivity index (χ4v) is 1.26. The Morgan fingerprint density at radius 3 is 2.81 bits per heavy atom. The van der Waals surface area contributed by atoms with Crippen LogP contribution in [0.4, 0.5) is 8.78 Å². The van der Waals surface area contributed by atoms with Crippen LogP contribution in [0, 0.1) is 17.7 Å². The predicted octanol–water partition coefficient (Wildman–Crippen LogP) is 2.18. The van der Waals surface area contributed by atoms with Crippen LogP contribution in [-0.4, -0.2) is 15.2 Å². The van der Waals surface area contributed by atoms with E-state index in [0.717, 1.165) is 12.3 Å². The molecule has 2 heterocycles. The molecule has 81 valence electrons. The Morgan fingerprint density at radius 1 is 1.31 bits per heavy atom. The van der Waals surface area contributed by atoms with Crippen LogP contribution in [0.5, 0.6) is 0 Å². The summed E-state index contributed by atoms with van der Waals surface area (Å²) in [4.78, 5) is 3.67. The minimum Gasteiger partial charge on any atom is -0.250 e. The van der Waals surface area contributed by atoms with Gasteiger partial charge in [-0.3, -0.25) is 4.98 Å². The van der Waals surface area contributed by atoms with Crippen molar-refractivity contribution in [2.24, 2.45) is 0 Å². The molecule has 0 saturated heterocycles. The molecule has 1 radical (unpaired) electrons. The van der Waals surface area contributed by atoms with Gasteiger partial charge in [0.15, 0.2) is 5.82 Å². The highest BCUT2D eigenvalue weighted by molar-refractivity contribution is 5.57. The molecule has 2 aromatic heterocycles. The second-order valence-corrected chi connectivity index (χ2v) is 3.17. The second-order valence-electron chi connectivity index (χ2n) is 3.17. The van der Waals surface area contributed by atoms with E-state index >= 15 is 0 Å². The van der Waals surface area contributed by atoms with Gasteiger partial charge in [0.05, 0.1) is 18.1 Å². The number of aromatic nitrogens is 3. The van der Waals surface area contributed by atoms with Gasteiger partial charge in [-0.25, -0.2) is 8.78 Å². The molecule has 0 aliphatic rings. The molecule has 0 aliphatic carbocycles. The number of pyridine rings is 1. The molecule has 0 saturated carbocycles. The van der Waals surface area contributed by atoms with Crippen LogP contribution >= 0.6 is 0 Å². The van der Waals surface area contributed by atoms with Gasteiger partial charge >= 0.3 is 0 Å². The molecule has 0 N–H and O–H groups in total. The molecular weight excluding hydrogens is 212 g/mol. The van der Waals surface area contributed by atoms with Crippen LogP contribution in [0.3, 0.4) is 0 Å². The summed E-state index contributed by atoms with van der Waals surface area (Å²) in [6.45, 7) is 1.89. The molecule has 16 heavy (non-hydrogen) atoms. The Balaban J connectivity index is 2.49. The Labute approximate surface area is 91.2 Å². The third-order valence-electron chi connectivity index (χ3n) is 2.04. The molecule has 2 rings (SSSR count). The number of hydrogen-bond acceptors (Lipinski definition) is 3. The third-order valence-corrected chi connectivity index (χ3v) is 2.04. The molecule has 3 nitrogen and oxygen atoms in total. The van der Waals surface area contributed by atoms with Crippen molar-refractivity contribution >= 4 is 0 Å². The molecular formula is C11H8F2N3. The zero-order valence-corrected chi connectivity index (χ0v) is 8.54. The number of halogens is 2. The topological polar surface area (TPSA) is 38.7 Å². The first kappa shape index (κ1) is 10.6. The maximum absolute atomic E-state index is 13.4. The highest BCUT2D eigenvalue weighted by atomic mass is 19.1. The summed E-state index contributed by atoms with van der Waals surface area (Å²) in [7, 11) is 0. The van der Waals surface area contributed by atoms with Crippen molar-refractivity contribution in [3.05, 3.63) is 41.9 Å². The summed E-state index contributed by atoms with van der Waals surface area (Å²) in [6, 6.07) is 3.65. The molecule has 0 spiro atoms. The maximum Gasteiger partial charge on any atom is 0.152 e. The van der Waals surface area contributed by atoms with E-state index in [0.29, 0.717) is 17.7 Å². The third kappa shape index (κ3) is 2.03. The van der Waals surface area contributed by atoms with Gasteiger partial charge in [0.1, 0.15) is 11.5 Å². The highest BCUT2D eigenvalue weighted by Crippen LogP contribution is 2.19. The summed E-state index contributed by atoms with van der Waals surface area (Å²) in [5, 5.41) is 7.51. The lowest BCUT2D eigenvalue weighted by Gasteiger charge is -2.02. The lowest BCUT2D eigenvalue weighted by molar-refractivity contribution is 0.576. The normalized spacial score (nSPS) is 10.4. The van der Waals surface area contributed by atoms with Crippen molar-refractivity contribution in [1.82, 2.24) is 15.2 Å². The van der Waals surface area contributed by atoms with Crippen LogP contribution < -0.4 is 0 Å². The summed E-state index contributed by atoms with van der Waals surface area (Å²) >= 11 is 0. The SMILES string of the molecule is CCc1[c]c(-c2ncc(F)cc2F)cnn1. The lowest BCUT2D eigenvalue weighted by Crippen LogP contribution is -1.96. The number of nitrogens with zero attached hydrogens (tertiary/aromatic N) is 3. The monoisotopic (exact) mass is 220 g/mol. The van der Waals surface area contributed by atoms with Gasteiger partial charge in [-0.05, 0) is 6.42 Å². The van der Waals surface area contributed by atoms with Crippen molar-refractivity contribution in [2.45, 2.75) is 13.3 Å². The maximum atomic E-state index is 13.4. The van der Waals surface area contributed by atoms with E-state index in [1.807, 2.05) is 6.92 Å². The van der Waals surface area contributed by atoms with Crippen molar-refractivity contribution in [3.63, 3.8) is 0 Å². The molecule has 5 heteroatoms. The zero-order valence-electron chi connectivity index (χ0n) is 8.54. The van der Waals surface area contributed by atoms with Crippen molar-refractivity contribution in [2.75, 3.05) is 0 Å². The van der Waals surface area contributed by atoms with Crippen LogP contribution in [0.25, 0.3) is 11.3 Å². The van der Waals surface area contributed by atoms with Gasteiger partial charge in [-0.15, -0.1) is 0 Å². The van der Waals surface area contributed by atoms with E-state index < -0.39 is 11.6 Å². The highest BCUT2D eigenvalue weighted by Gasteiger charge is 2.09. The number of aryl methyl sites for hydroxylation is 1. The molecule has 2 aromatic rings. The Kier molecular flexibility index (Phi) is 2.85. The first-order valence-corrected chi connectivity index (χ1v) is 4.76. The van der Waals surface area contributed by atoms with Gasteiger partial charge in [0, 0.05) is 17.7 Å². The predicted molar refractivity (Wildman–Crippen MR) is 53.4 cm³/mol. The Bertz CT molecular complexity index is 514. The van der Waals surface area contributed by atoms with Gasteiger partial charge in [0.25, 0.3) is 0 Å². The molecule has 0 atom stereocenters. The zero-order chi connectivity index (χ0) is 11.5. The first-order valence-electron chi connectivity index (χ1n) is 4.76. The minimum absolute atomic E-state index is 0.0333. The number of rotatable bonds is 2.